The molecule has 1 heterocycles. The van der Waals surface area contributed by atoms with Crippen LogP contribution in [0, 0.1) is 0 Å². The van der Waals surface area contributed by atoms with Crippen LogP contribution in [-0.4, -0.2) is 48.5 Å². The molecule has 1 aromatic heterocycles. The Balaban J connectivity index is 1.94. The summed E-state index contributed by atoms with van der Waals surface area (Å²) in [4.78, 5) is 11.0. The van der Waals surface area contributed by atoms with Crippen molar-refractivity contribution in [1.29, 1.82) is 0 Å². The molecule has 0 bridgehead atoms. The molecule has 1 aromatic rings. The average Bonchev–Trinajstić information content (AvgIpc) is 3.18. The van der Waals surface area contributed by atoms with E-state index >= 15 is 0 Å². The van der Waals surface area contributed by atoms with Crippen molar-refractivity contribution in [2.24, 2.45) is 0 Å². The van der Waals surface area contributed by atoms with E-state index < -0.39 is 0 Å². The number of aliphatic hydroxyl groups excluding tert-OH is 1. The molecule has 0 aliphatic heterocycles. The van der Waals surface area contributed by atoms with E-state index in [1.165, 1.54) is 12.8 Å². The van der Waals surface area contributed by atoms with E-state index in [2.05, 4.69) is 25.9 Å². The van der Waals surface area contributed by atoms with E-state index in [4.69, 9.17) is 9.84 Å². The average molecular weight is 316 g/mol. The van der Waals surface area contributed by atoms with Crippen molar-refractivity contribution in [1.82, 2.24) is 9.97 Å². The number of halogens is 1. The summed E-state index contributed by atoms with van der Waals surface area (Å²) in [7, 11) is 1.98. The summed E-state index contributed by atoms with van der Waals surface area (Å²) in [6, 6.07) is 1.91. The van der Waals surface area contributed by atoms with E-state index in [0.29, 0.717) is 19.1 Å². The molecule has 1 aliphatic carbocycles. The molecule has 5 nitrogen and oxygen atoms in total. The van der Waals surface area contributed by atoms with Gasteiger partial charge in [-0.3, -0.25) is 0 Å². The molecule has 1 aliphatic rings. The van der Waals surface area contributed by atoms with E-state index in [1.807, 2.05) is 18.0 Å². The first-order valence-corrected chi connectivity index (χ1v) is 6.94. The van der Waals surface area contributed by atoms with Gasteiger partial charge < -0.3 is 14.7 Å². The Morgan fingerprint density at radius 3 is 2.89 bits per heavy atom. The maximum absolute atomic E-state index is 8.62. The Morgan fingerprint density at radius 1 is 1.44 bits per heavy atom. The summed E-state index contributed by atoms with van der Waals surface area (Å²) in [5, 5.41) is 8.62. The number of aromatic nitrogens is 2. The van der Waals surface area contributed by atoms with Crippen LogP contribution in [0.4, 0.5) is 5.82 Å². The van der Waals surface area contributed by atoms with E-state index in [0.717, 1.165) is 22.8 Å². The first kappa shape index (κ1) is 13.7. The molecule has 1 saturated carbocycles. The fourth-order valence-corrected chi connectivity index (χ4v) is 2.01. The number of likely N-dealkylation sites (N-methyl/N-ethyl adjacent to an activating group) is 1. The van der Waals surface area contributed by atoms with Crippen molar-refractivity contribution in [3.63, 3.8) is 0 Å². The fraction of sp³-hybridized carbons (Fsp3) is 0.667. The molecule has 0 aromatic carbocycles. The fourth-order valence-electron chi connectivity index (χ4n) is 1.63. The van der Waals surface area contributed by atoms with Crippen molar-refractivity contribution < 1.29 is 9.84 Å². The van der Waals surface area contributed by atoms with Crippen molar-refractivity contribution in [3.05, 3.63) is 16.5 Å². The van der Waals surface area contributed by atoms with Gasteiger partial charge in [0.25, 0.3) is 0 Å². The third kappa shape index (κ3) is 3.90. The summed E-state index contributed by atoms with van der Waals surface area (Å²) < 4.78 is 6.08. The Hall–Kier alpha value is -0.720. The van der Waals surface area contributed by atoms with Crippen LogP contribution in [-0.2, 0) is 4.74 Å². The number of hydrogen-bond acceptors (Lipinski definition) is 5. The van der Waals surface area contributed by atoms with Crippen LogP contribution in [0.2, 0.25) is 0 Å². The van der Waals surface area contributed by atoms with Gasteiger partial charge in [-0.2, -0.15) is 0 Å². The minimum Gasteiger partial charge on any atom is -0.394 e. The zero-order valence-electron chi connectivity index (χ0n) is 10.5. The lowest BCUT2D eigenvalue weighted by Gasteiger charge is -2.18. The van der Waals surface area contributed by atoms with Crippen LogP contribution in [0.5, 0.6) is 0 Å². The largest absolute Gasteiger partial charge is 0.394 e. The third-order valence-corrected chi connectivity index (χ3v) is 3.25. The molecule has 6 heteroatoms. The van der Waals surface area contributed by atoms with Gasteiger partial charge in [0, 0.05) is 25.6 Å². The summed E-state index contributed by atoms with van der Waals surface area (Å²) >= 11 is 3.43. The van der Waals surface area contributed by atoms with E-state index in [9.17, 15) is 0 Å². The Morgan fingerprint density at radius 2 is 2.22 bits per heavy atom. The SMILES string of the molecule is CN(CCOCCO)c1cc(Br)nc(C2CC2)n1. The van der Waals surface area contributed by atoms with E-state index in [-0.39, 0.29) is 6.61 Å². The second kappa shape index (κ2) is 6.45. The summed E-state index contributed by atoms with van der Waals surface area (Å²) in [5.41, 5.74) is 0. The van der Waals surface area contributed by atoms with Crippen molar-refractivity contribution >= 4 is 21.7 Å². The quantitative estimate of drug-likeness (QED) is 0.611. The van der Waals surface area contributed by atoms with Crippen LogP contribution in [0.3, 0.4) is 0 Å². The molecular formula is C12H18BrN3O2. The van der Waals surface area contributed by atoms with Crippen LogP contribution < -0.4 is 4.90 Å². The third-order valence-electron chi connectivity index (χ3n) is 2.84. The highest BCUT2D eigenvalue weighted by molar-refractivity contribution is 9.10. The predicted octanol–water partition coefficient (Wildman–Crippen LogP) is 1.56. The minimum atomic E-state index is 0.0641. The normalized spacial score (nSPS) is 14.8. The summed E-state index contributed by atoms with van der Waals surface area (Å²) in [5.74, 6) is 2.38. The highest BCUT2D eigenvalue weighted by atomic mass is 79.9. The Labute approximate surface area is 115 Å². The molecule has 0 atom stereocenters. The number of anilines is 1. The maximum atomic E-state index is 8.62. The molecule has 1 fully saturated rings. The molecule has 2 rings (SSSR count). The number of nitrogens with zero attached hydrogens (tertiary/aromatic N) is 3. The molecule has 0 spiro atoms. The van der Waals surface area contributed by atoms with Crippen LogP contribution in [0.1, 0.15) is 24.6 Å². The number of ether oxygens (including phenoxy) is 1. The number of aliphatic hydroxyl groups is 1. The number of hydrogen-bond donors (Lipinski definition) is 1. The van der Waals surface area contributed by atoms with Crippen LogP contribution in [0.15, 0.2) is 10.7 Å². The topological polar surface area (TPSA) is 58.5 Å². The van der Waals surface area contributed by atoms with Gasteiger partial charge in [0.05, 0.1) is 19.8 Å². The van der Waals surface area contributed by atoms with Gasteiger partial charge in [-0.05, 0) is 28.8 Å². The Bertz CT molecular complexity index is 399. The van der Waals surface area contributed by atoms with Crippen LogP contribution in [0.25, 0.3) is 0 Å². The summed E-state index contributed by atoms with van der Waals surface area (Å²) in [6.45, 7) is 1.77. The van der Waals surface area contributed by atoms with Gasteiger partial charge in [-0.15, -0.1) is 0 Å². The number of rotatable bonds is 7. The van der Waals surface area contributed by atoms with Gasteiger partial charge in [0.2, 0.25) is 0 Å². The van der Waals surface area contributed by atoms with Crippen molar-refractivity contribution in [3.8, 4) is 0 Å². The zero-order valence-corrected chi connectivity index (χ0v) is 12.1. The van der Waals surface area contributed by atoms with Gasteiger partial charge in [-0.25, -0.2) is 9.97 Å². The maximum Gasteiger partial charge on any atom is 0.135 e. The first-order chi connectivity index (χ1) is 8.70. The monoisotopic (exact) mass is 315 g/mol. The van der Waals surface area contributed by atoms with Gasteiger partial charge in [0.15, 0.2) is 0 Å². The molecule has 18 heavy (non-hydrogen) atoms. The highest BCUT2D eigenvalue weighted by Crippen LogP contribution is 2.39. The lowest BCUT2D eigenvalue weighted by atomic mass is 10.4. The molecule has 100 valence electrons. The lowest BCUT2D eigenvalue weighted by molar-refractivity contribution is 0.0970. The second-order valence-electron chi connectivity index (χ2n) is 4.44. The summed E-state index contributed by atoms with van der Waals surface area (Å²) in [6.07, 6.45) is 2.39. The van der Waals surface area contributed by atoms with Gasteiger partial charge >= 0.3 is 0 Å². The van der Waals surface area contributed by atoms with Gasteiger partial charge in [0.1, 0.15) is 16.2 Å². The minimum absolute atomic E-state index is 0.0641. The first-order valence-electron chi connectivity index (χ1n) is 6.15. The molecule has 0 radical (unpaired) electrons. The predicted molar refractivity (Wildman–Crippen MR) is 72.9 cm³/mol. The molecular weight excluding hydrogens is 298 g/mol. The molecule has 0 unspecified atom stereocenters. The Kier molecular flexibility index (Phi) is 4.91. The van der Waals surface area contributed by atoms with Crippen molar-refractivity contribution in [2.75, 3.05) is 38.3 Å². The standard InChI is InChI=1S/C12H18BrN3O2/c1-16(4-6-18-7-5-17)11-8-10(13)14-12(15-11)9-2-3-9/h8-9,17H,2-7H2,1H3. The molecule has 0 amide bonds. The van der Waals surface area contributed by atoms with Crippen LogP contribution >= 0.6 is 15.9 Å². The van der Waals surface area contributed by atoms with E-state index in [1.54, 1.807) is 0 Å². The van der Waals surface area contributed by atoms with Crippen molar-refractivity contribution in [2.45, 2.75) is 18.8 Å². The molecule has 0 saturated heterocycles. The second-order valence-corrected chi connectivity index (χ2v) is 5.25. The molecule has 1 N–H and O–H groups in total. The van der Waals surface area contributed by atoms with Gasteiger partial charge in [-0.1, -0.05) is 0 Å². The lowest BCUT2D eigenvalue weighted by Crippen LogP contribution is -2.24. The highest BCUT2D eigenvalue weighted by Gasteiger charge is 2.27. The zero-order chi connectivity index (χ0) is 13.0. The smallest absolute Gasteiger partial charge is 0.135 e.